The molecule has 7 nitrogen and oxygen atoms in total. The molecule has 0 atom stereocenters. The predicted octanol–water partition coefficient (Wildman–Crippen LogP) is 5.25. The molecule has 3 aromatic carbocycles. The molecule has 0 saturated heterocycles. The van der Waals surface area contributed by atoms with Gasteiger partial charge in [-0.1, -0.05) is 6.07 Å². The van der Waals surface area contributed by atoms with Crippen molar-refractivity contribution in [3.05, 3.63) is 76.1 Å². The summed E-state index contributed by atoms with van der Waals surface area (Å²) >= 11 is 2.19. The van der Waals surface area contributed by atoms with E-state index in [2.05, 4.69) is 43.2 Å². The lowest BCUT2D eigenvalue weighted by Crippen LogP contribution is -2.11. The number of benzene rings is 3. The Kier molecular flexibility index (Phi) is 6.17. The fourth-order valence-corrected chi connectivity index (χ4v) is 3.63. The van der Waals surface area contributed by atoms with Gasteiger partial charge in [-0.25, -0.2) is 9.97 Å². The first-order valence-electron chi connectivity index (χ1n) is 9.38. The Morgan fingerprint density at radius 1 is 0.903 bits per heavy atom. The van der Waals surface area contributed by atoms with Gasteiger partial charge in [0.25, 0.3) is 5.91 Å². The van der Waals surface area contributed by atoms with Crippen LogP contribution >= 0.6 is 22.6 Å². The molecule has 8 heteroatoms. The number of aromatic nitrogens is 2. The molecule has 1 heterocycles. The Hall–Kier alpha value is -3.40. The Balaban J connectivity index is 1.54. The molecule has 0 unspecified atom stereocenters. The highest BCUT2D eigenvalue weighted by molar-refractivity contribution is 14.1. The first-order valence-corrected chi connectivity index (χ1v) is 10.5. The Morgan fingerprint density at radius 2 is 1.61 bits per heavy atom. The number of rotatable bonds is 6. The number of carbonyl (C=O) groups excluding carboxylic acids is 1. The summed E-state index contributed by atoms with van der Waals surface area (Å²) < 4.78 is 11.8. The van der Waals surface area contributed by atoms with E-state index in [1.54, 1.807) is 20.3 Å². The maximum Gasteiger partial charge on any atom is 0.255 e. The summed E-state index contributed by atoms with van der Waals surface area (Å²) in [6, 6.07) is 18.5. The summed E-state index contributed by atoms with van der Waals surface area (Å²) in [5.41, 5.74) is 2.87. The second-order valence-corrected chi connectivity index (χ2v) is 7.86. The number of carbonyl (C=O) groups is 1. The van der Waals surface area contributed by atoms with Crippen molar-refractivity contribution in [2.75, 3.05) is 24.9 Å². The van der Waals surface area contributed by atoms with Crippen molar-refractivity contribution in [3.63, 3.8) is 0 Å². The van der Waals surface area contributed by atoms with Gasteiger partial charge in [0.05, 0.1) is 19.7 Å². The van der Waals surface area contributed by atoms with E-state index in [1.165, 1.54) is 6.33 Å². The van der Waals surface area contributed by atoms with E-state index in [4.69, 9.17) is 9.47 Å². The number of halogens is 1. The lowest BCUT2D eigenvalue weighted by atomic mass is 10.2. The molecule has 0 aliphatic heterocycles. The van der Waals surface area contributed by atoms with Crippen LogP contribution in [-0.2, 0) is 0 Å². The first-order chi connectivity index (χ1) is 15.1. The molecule has 4 rings (SSSR count). The third kappa shape index (κ3) is 4.69. The van der Waals surface area contributed by atoms with Gasteiger partial charge >= 0.3 is 0 Å². The summed E-state index contributed by atoms with van der Waals surface area (Å²) in [7, 11) is 3.17. The molecule has 0 aliphatic rings. The molecule has 1 aromatic heterocycles. The average Bonchev–Trinajstić information content (AvgIpc) is 2.79. The minimum atomic E-state index is -0.151. The number of nitrogens with one attached hydrogen (secondary N) is 2. The largest absolute Gasteiger partial charge is 0.493 e. The van der Waals surface area contributed by atoms with Gasteiger partial charge in [0.15, 0.2) is 11.5 Å². The number of ether oxygens (including phenoxy) is 2. The van der Waals surface area contributed by atoms with Crippen molar-refractivity contribution in [1.29, 1.82) is 0 Å². The number of hydrogen-bond donors (Lipinski definition) is 2. The third-order valence-corrected chi connectivity index (χ3v) is 5.30. The fraction of sp³-hybridized carbons (Fsp3) is 0.0870. The third-order valence-electron chi connectivity index (χ3n) is 4.63. The van der Waals surface area contributed by atoms with E-state index < -0.39 is 0 Å². The standard InChI is InChI=1S/C23H19IN4O3/c1-30-20-11-18-19(12-21(20)31-2)25-13-26-22(18)27-16-6-8-17(9-7-16)28-23(29)14-4-3-5-15(24)10-14/h3-13H,1-2H3,(H,28,29)(H,25,26,27). The molecule has 1 amide bonds. The molecule has 0 fully saturated rings. The maximum absolute atomic E-state index is 12.4. The van der Waals surface area contributed by atoms with Crippen molar-refractivity contribution in [3.8, 4) is 11.5 Å². The summed E-state index contributed by atoms with van der Waals surface area (Å²) in [6.45, 7) is 0. The monoisotopic (exact) mass is 526 g/mol. The van der Waals surface area contributed by atoms with Crippen molar-refractivity contribution < 1.29 is 14.3 Å². The molecule has 0 aliphatic carbocycles. The number of nitrogens with zero attached hydrogens (tertiary/aromatic N) is 2. The second kappa shape index (κ2) is 9.17. The molecule has 4 aromatic rings. The molecule has 0 radical (unpaired) electrons. The van der Waals surface area contributed by atoms with Crippen LogP contribution in [0.5, 0.6) is 11.5 Å². The molecule has 2 N–H and O–H groups in total. The van der Waals surface area contributed by atoms with Gasteiger partial charge in [0.1, 0.15) is 12.1 Å². The van der Waals surface area contributed by atoms with Crippen LogP contribution in [-0.4, -0.2) is 30.1 Å². The predicted molar refractivity (Wildman–Crippen MR) is 129 cm³/mol. The SMILES string of the molecule is COc1cc2ncnc(Nc3ccc(NC(=O)c4cccc(I)c4)cc3)c2cc1OC. The van der Waals surface area contributed by atoms with Crippen molar-refractivity contribution in [2.24, 2.45) is 0 Å². The highest BCUT2D eigenvalue weighted by atomic mass is 127. The number of anilines is 3. The van der Waals surface area contributed by atoms with Gasteiger partial charge in [0.2, 0.25) is 0 Å². The lowest BCUT2D eigenvalue weighted by Gasteiger charge is -2.12. The molecular formula is C23H19IN4O3. The minimum absolute atomic E-state index is 0.151. The molecular weight excluding hydrogens is 507 g/mol. The number of fused-ring (bicyclic) bond motifs is 1. The van der Waals surface area contributed by atoms with Crippen LogP contribution in [0, 0.1) is 3.57 Å². The summed E-state index contributed by atoms with van der Waals surface area (Å²) in [4.78, 5) is 21.1. The topological polar surface area (TPSA) is 85.4 Å². The molecule has 31 heavy (non-hydrogen) atoms. The van der Waals surface area contributed by atoms with E-state index in [1.807, 2.05) is 54.6 Å². The number of hydrogen-bond acceptors (Lipinski definition) is 6. The van der Waals surface area contributed by atoms with E-state index in [-0.39, 0.29) is 5.91 Å². The van der Waals surface area contributed by atoms with Crippen LogP contribution in [0.15, 0.2) is 67.0 Å². The van der Waals surface area contributed by atoms with E-state index >= 15 is 0 Å². The van der Waals surface area contributed by atoms with Crippen LogP contribution in [0.1, 0.15) is 10.4 Å². The highest BCUT2D eigenvalue weighted by Gasteiger charge is 2.11. The Bertz CT molecular complexity index is 1250. The van der Waals surface area contributed by atoms with Gasteiger partial charge < -0.3 is 20.1 Å². The van der Waals surface area contributed by atoms with E-state index in [0.29, 0.717) is 28.6 Å². The minimum Gasteiger partial charge on any atom is -0.493 e. The van der Waals surface area contributed by atoms with Gasteiger partial charge in [-0.3, -0.25) is 4.79 Å². The van der Waals surface area contributed by atoms with Crippen LogP contribution in [0.25, 0.3) is 10.9 Å². The van der Waals surface area contributed by atoms with Crippen LogP contribution < -0.4 is 20.1 Å². The lowest BCUT2D eigenvalue weighted by molar-refractivity contribution is 0.102. The summed E-state index contributed by atoms with van der Waals surface area (Å²) in [5.74, 6) is 1.69. The zero-order valence-corrected chi connectivity index (χ0v) is 19.0. The Labute approximate surface area is 193 Å². The van der Waals surface area contributed by atoms with Crippen molar-refractivity contribution in [1.82, 2.24) is 9.97 Å². The zero-order valence-electron chi connectivity index (χ0n) is 16.8. The normalized spacial score (nSPS) is 10.5. The van der Waals surface area contributed by atoms with Crippen LogP contribution in [0.2, 0.25) is 0 Å². The molecule has 0 spiro atoms. The smallest absolute Gasteiger partial charge is 0.255 e. The summed E-state index contributed by atoms with van der Waals surface area (Å²) in [6.07, 6.45) is 1.49. The summed E-state index contributed by atoms with van der Waals surface area (Å²) in [5, 5.41) is 7.00. The fourth-order valence-electron chi connectivity index (χ4n) is 3.09. The number of methoxy groups -OCH3 is 2. The quantitative estimate of drug-likeness (QED) is 0.334. The van der Waals surface area contributed by atoms with Gasteiger partial charge in [0, 0.05) is 32.0 Å². The van der Waals surface area contributed by atoms with Crippen molar-refractivity contribution in [2.45, 2.75) is 0 Å². The van der Waals surface area contributed by atoms with E-state index in [0.717, 1.165) is 20.2 Å². The molecule has 0 bridgehead atoms. The van der Waals surface area contributed by atoms with Crippen molar-refractivity contribution >= 4 is 56.6 Å². The number of amides is 1. The van der Waals surface area contributed by atoms with Crippen LogP contribution in [0.3, 0.4) is 0 Å². The van der Waals surface area contributed by atoms with Gasteiger partial charge in [-0.2, -0.15) is 0 Å². The second-order valence-electron chi connectivity index (χ2n) is 6.61. The Morgan fingerprint density at radius 3 is 2.32 bits per heavy atom. The average molecular weight is 526 g/mol. The maximum atomic E-state index is 12.4. The molecule has 0 saturated carbocycles. The van der Waals surface area contributed by atoms with Gasteiger partial charge in [-0.05, 0) is 71.1 Å². The first kappa shape index (κ1) is 20.9. The molecule has 156 valence electrons. The highest BCUT2D eigenvalue weighted by Crippen LogP contribution is 2.34. The van der Waals surface area contributed by atoms with Crippen LogP contribution in [0.4, 0.5) is 17.2 Å². The van der Waals surface area contributed by atoms with Gasteiger partial charge in [-0.15, -0.1) is 0 Å². The zero-order chi connectivity index (χ0) is 21.8. The van der Waals surface area contributed by atoms with E-state index in [9.17, 15) is 4.79 Å².